The van der Waals surface area contributed by atoms with Crippen molar-refractivity contribution in [2.24, 2.45) is 0 Å². The van der Waals surface area contributed by atoms with Crippen molar-refractivity contribution in [1.82, 2.24) is 9.97 Å². The number of nitrogens with zero attached hydrogens (tertiary/aromatic N) is 2. The van der Waals surface area contributed by atoms with Gasteiger partial charge in [0.2, 0.25) is 0 Å². The van der Waals surface area contributed by atoms with E-state index in [4.69, 9.17) is 0 Å². The Labute approximate surface area is 97.7 Å². The van der Waals surface area contributed by atoms with Crippen molar-refractivity contribution in [2.45, 2.75) is 0 Å². The molecule has 86 valence electrons. The number of hydrogen-bond acceptors (Lipinski definition) is 3. The van der Waals surface area contributed by atoms with Gasteiger partial charge in [-0.2, -0.15) is 0 Å². The van der Waals surface area contributed by atoms with E-state index in [0.717, 1.165) is 5.69 Å². The van der Waals surface area contributed by atoms with E-state index in [1.807, 2.05) is 30.3 Å². The first-order valence-corrected chi connectivity index (χ1v) is 5.06. The smallest absolute Gasteiger partial charge is 0.276 e. The molecule has 2 aromatic rings. The van der Waals surface area contributed by atoms with Gasteiger partial charge in [0.15, 0.2) is 0 Å². The molecule has 0 aliphatic rings. The lowest BCUT2D eigenvalue weighted by Crippen LogP contribution is -2.28. The molecule has 0 saturated carbocycles. The molecule has 1 aromatic heterocycles. The van der Waals surface area contributed by atoms with Crippen LogP contribution in [0.5, 0.6) is 0 Å². The van der Waals surface area contributed by atoms with Crippen LogP contribution in [0.2, 0.25) is 0 Å². The van der Waals surface area contributed by atoms with Crippen molar-refractivity contribution < 1.29 is 4.79 Å². The van der Waals surface area contributed by atoms with Crippen LogP contribution in [0.3, 0.4) is 0 Å². The average Bonchev–Trinajstić information content (AvgIpc) is 2.38. The highest BCUT2D eigenvalue weighted by molar-refractivity contribution is 6.04. The highest BCUT2D eigenvalue weighted by Crippen LogP contribution is 2.12. The van der Waals surface area contributed by atoms with Gasteiger partial charge in [0.1, 0.15) is 5.69 Å². The average molecular weight is 229 g/mol. The van der Waals surface area contributed by atoms with Crippen LogP contribution in [0, 0.1) is 0 Å². The maximum atomic E-state index is 12.0. The summed E-state index contributed by atoms with van der Waals surface area (Å²) in [6.45, 7) is 0. The first-order valence-electron chi connectivity index (χ1n) is 5.06. The van der Waals surface area contributed by atoms with Gasteiger partial charge in [0.25, 0.3) is 11.5 Å². The monoisotopic (exact) mass is 229 g/mol. The Morgan fingerprint density at radius 2 is 2.00 bits per heavy atom. The number of hydrogen-bond donors (Lipinski definition) is 1. The number of aromatic amines is 1. The Morgan fingerprint density at radius 1 is 1.29 bits per heavy atom. The summed E-state index contributed by atoms with van der Waals surface area (Å²) in [5.41, 5.74) is 0.532. The Bertz CT molecular complexity index is 578. The van der Waals surface area contributed by atoms with Crippen LogP contribution in [0.4, 0.5) is 5.69 Å². The number of nitrogens with one attached hydrogen (secondary N) is 1. The highest BCUT2D eigenvalue weighted by atomic mass is 16.2. The lowest BCUT2D eigenvalue weighted by atomic mass is 10.2. The molecule has 0 atom stereocenters. The normalized spacial score (nSPS) is 9.94. The third kappa shape index (κ3) is 2.39. The minimum Gasteiger partial charge on any atom is -0.313 e. The van der Waals surface area contributed by atoms with Gasteiger partial charge < -0.3 is 9.88 Å². The van der Waals surface area contributed by atoms with E-state index in [2.05, 4.69) is 9.97 Å². The molecule has 1 aromatic carbocycles. The van der Waals surface area contributed by atoms with Gasteiger partial charge in [-0.1, -0.05) is 18.2 Å². The molecule has 17 heavy (non-hydrogen) atoms. The van der Waals surface area contributed by atoms with E-state index in [1.165, 1.54) is 17.3 Å². The van der Waals surface area contributed by atoms with Gasteiger partial charge in [-0.3, -0.25) is 9.59 Å². The maximum Gasteiger partial charge on any atom is 0.276 e. The van der Waals surface area contributed by atoms with Crippen molar-refractivity contribution in [3.8, 4) is 0 Å². The molecule has 0 spiro atoms. The number of rotatable bonds is 2. The quantitative estimate of drug-likeness (QED) is 0.836. The van der Waals surface area contributed by atoms with Gasteiger partial charge in [0, 0.05) is 18.8 Å². The summed E-state index contributed by atoms with van der Waals surface area (Å²) < 4.78 is 0. The molecule has 2 rings (SSSR count). The van der Waals surface area contributed by atoms with Crippen molar-refractivity contribution in [1.29, 1.82) is 0 Å². The van der Waals surface area contributed by atoms with Crippen LogP contribution in [0.15, 0.2) is 47.5 Å². The predicted molar refractivity (Wildman–Crippen MR) is 64.0 cm³/mol. The number of amides is 1. The van der Waals surface area contributed by atoms with Crippen LogP contribution >= 0.6 is 0 Å². The minimum absolute atomic E-state index is 0.125. The van der Waals surface area contributed by atoms with Crippen molar-refractivity contribution >= 4 is 11.6 Å². The summed E-state index contributed by atoms with van der Waals surface area (Å²) in [7, 11) is 1.64. The molecule has 1 heterocycles. The molecule has 0 unspecified atom stereocenters. The summed E-state index contributed by atoms with van der Waals surface area (Å²) >= 11 is 0. The molecule has 0 saturated heterocycles. The van der Waals surface area contributed by atoms with Crippen LogP contribution in [0.1, 0.15) is 10.5 Å². The molecule has 5 nitrogen and oxygen atoms in total. The lowest BCUT2D eigenvalue weighted by molar-refractivity contribution is 0.0988. The van der Waals surface area contributed by atoms with Crippen LogP contribution < -0.4 is 10.5 Å². The van der Waals surface area contributed by atoms with E-state index in [-0.39, 0.29) is 17.2 Å². The Balaban J connectivity index is 2.30. The fourth-order valence-corrected chi connectivity index (χ4v) is 1.43. The van der Waals surface area contributed by atoms with E-state index in [0.29, 0.717) is 0 Å². The zero-order valence-corrected chi connectivity index (χ0v) is 9.25. The van der Waals surface area contributed by atoms with Crippen molar-refractivity contribution in [2.75, 3.05) is 11.9 Å². The number of anilines is 1. The molecule has 0 bridgehead atoms. The van der Waals surface area contributed by atoms with Gasteiger partial charge in [-0.15, -0.1) is 0 Å². The topological polar surface area (TPSA) is 66.1 Å². The molecular weight excluding hydrogens is 218 g/mol. The fourth-order valence-electron chi connectivity index (χ4n) is 1.43. The number of para-hydroxylation sites is 1. The predicted octanol–water partition coefficient (Wildman–Crippen LogP) is 1.05. The van der Waals surface area contributed by atoms with Crippen molar-refractivity contribution in [3.63, 3.8) is 0 Å². The summed E-state index contributed by atoms with van der Waals surface area (Å²) in [5, 5.41) is 0. The van der Waals surface area contributed by atoms with Gasteiger partial charge in [0.05, 0.1) is 6.33 Å². The molecule has 1 N–H and O–H groups in total. The second-order valence-electron chi connectivity index (χ2n) is 3.50. The first kappa shape index (κ1) is 11.1. The van der Waals surface area contributed by atoms with Gasteiger partial charge in [-0.05, 0) is 12.1 Å². The third-order valence-corrected chi connectivity index (χ3v) is 2.35. The number of aromatic nitrogens is 2. The van der Waals surface area contributed by atoms with E-state index >= 15 is 0 Å². The number of H-pyrrole nitrogens is 1. The zero-order chi connectivity index (χ0) is 12.3. The first-order chi connectivity index (χ1) is 8.18. The molecule has 0 aliphatic heterocycles. The SMILES string of the molecule is CN(C(=O)c1cc(=O)[nH]cn1)c1ccccc1. The van der Waals surface area contributed by atoms with Gasteiger partial charge >= 0.3 is 0 Å². The number of carbonyl (C=O) groups excluding carboxylic acids is 1. The maximum absolute atomic E-state index is 12.0. The second kappa shape index (κ2) is 4.61. The Hall–Kier alpha value is -2.43. The second-order valence-corrected chi connectivity index (χ2v) is 3.50. The Kier molecular flexibility index (Phi) is 3.00. The van der Waals surface area contributed by atoms with Crippen LogP contribution in [-0.4, -0.2) is 22.9 Å². The van der Waals surface area contributed by atoms with Gasteiger partial charge in [-0.25, -0.2) is 4.98 Å². The largest absolute Gasteiger partial charge is 0.313 e. The highest BCUT2D eigenvalue weighted by Gasteiger charge is 2.14. The minimum atomic E-state index is -0.343. The van der Waals surface area contributed by atoms with Crippen LogP contribution in [0.25, 0.3) is 0 Å². The molecule has 0 aliphatic carbocycles. The van der Waals surface area contributed by atoms with Crippen molar-refractivity contribution in [3.05, 3.63) is 58.8 Å². The number of benzene rings is 1. The van der Waals surface area contributed by atoms with E-state index < -0.39 is 0 Å². The fraction of sp³-hybridized carbons (Fsp3) is 0.0833. The Morgan fingerprint density at radius 3 is 2.65 bits per heavy atom. The molecule has 5 heteroatoms. The zero-order valence-electron chi connectivity index (χ0n) is 9.25. The van der Waals surface area contributed by atoms with E-state index in [1.54, 1.807) is 7.05 Å². The van der Waals surface area contributed by atoms with Crippen LogP contribution in [-0.2, 0) is 0 Å². The molecule has 0 radical (unpaired) electrons. The molecule has 1 amide bonds. The summed E-state index contributed by atoms with van der Waals surface area (Å²) in [5.74, 6) is -0.317. The number of carbonyl (C=O) groups is 1. The lowest BCUT2D eigenvalue weighted by Gasteiger charge is -2.16. The molecular formula is C12H11N3O2. The molecule has 0 fully saturated rings. The standard InChI is InChI=1S/C12H11N3O2/c1-15(9-5-3-2-4-6-9)12(17)10-7-11(16)14-8-13-10/h2-8H,1H3,(H,13,14,16). The summed E-state index contributed by atoms with van der Waals surface area (Å²) in [6.07, 6.45) is 1.22. The summed E-state index contributed by atoms with van der Waals surface area (Å²) in [4.78, 5) is 30.7. The third-order valence-electron chi connectivity index (χ3n) is 2.35. The summed E-state index contributed by atoms with van der Waals surface area (Å²) in [6, 6.07) is 10.3. The van der Waals surface area contributed by atoms with E-state index in [9.17, 15) is 9.59 Å².